The summed E-state index contributed by atoms with van der Waals surface area (Å²) in [6.45, 7) is 1.88. The summed E-state index contributed by atoms with van der Waals surface area (Å²) in [5.74, 6) is -1.28. The fourth-order valence-corrected chi connectivity index (χ4v) is 4.75. The van der Waals surface area contributed by atoms with Gasteiger partial charge in [0.2, 0.25) is 0 Å². The second-order valence-electron chi connectivity index (χ2n) is 11.4. The molecule has 8 aromatic rings. The van der Waals surface area contributed by atoms with E-state index < -0.39 is 23.4 Å². The number of hydrogen-bond acceptors (Lipinski definition) is 4. The first-order valence-corrected chi connectivity index (χ1v) is 16.7. The van der Waals surface area contributed by atoms with E-state index in [1.165, 1.54) is 6.07 Å². The number of alkyl halides is 3. The molecular formula is C46H31F5Ir3N4Pt-4. The molecule has 0 saturated heterocycles. The zero-order chi connectivity index (χ0) is 38.9. The molecule has 8 rings (SSSR count). The summed E-state index contributed by atoms with van der Waals surface area (Å²) in [6.07, 6.45) is 2.42. The molecule has 311 valence electrons. The maximum Gasteiger partial charge on any atom is 0.381 e. The quantitative estimate of drug-likeness (QED) is 0.130. The van der Waals surface area contributed by atoms with Crippen molar-refractivity contribution in [2.75, 3.05) is 0 Å². The monoisotopic (exact) mass is 1510 g/mol. The maximum absolute atomic E-state index is 13.4. The molecule has 0 amide bonds. The van der Waals surface area contributed by atoms with Gasteiger partial charge in [-0.1, -0.05) is 59.7 Å². The minimum absolute atomic E-state index is 0. The number of hydrogen-bond donors (Lipinski definition) is 0. The van der Waals surface area contributed by atoms with Crippen LogP contribution in [0.4, 0.5) is 22.0 Å². The molecule has 4 aromatic carbocycles. The van der Waals surface area contributed by atoms with Crippen molar-refractivity contribution in [1.29, 1.82) is 0 Å². The molecule has 0 bridgehead atoms. The van der Waals surface area contributed by atoms with Gasteiger partial charge in [-0.2, -0.15) is 13.2 Å². The molecule has 59 heavy (non-hydrogen) atoms. The van der Waals surface area contributed by atoms with E-state index in [4.69, 9.17) is 0 Å². The number of pyridine rings is 4. The summed E-state index contributed by atoms with van der Waals surface area (Å²) in [7, 11) is 0. The van der Waals surface area contributed by atoms with Gasteiger partial charge in [0.1, 0.15) is 0 Å². The zero-order valence-electron chi connectivity index (χ0n) is 30.7. The Labute approximate surface area is 395 Å². The van der Waals surface area contributed by atoms with Crippen LogP contribution in [0.15, 0.2) is 170 Å². The SMILES string of the molecule is Cc1ccnc(-c2[c-]cc(F)cc2F)c1.FC(F)(F)c1c[c-]c(-c2ccccn2)cc1.[Ir].[Ir].[Ir].[Pt].[c-]1ccccc1-c1ccccn1.[c-]1ccccc1-c1ccccn1. The summed E-state index contributed by atoms with van der Waals surface area (Å²) in [4.78, 5) is 16.5. The van der Waals surface area contributed by atoms with E-state index >= 15 is 0 Å². The second-order valence-corrected chi connectivity index (χ2v) is 11.4. The van der Waals surface area contributed by atoms with Crippen LogP contribution in [0, 0.1) is 42.8 Å². The second kappa shape index (κ2) is 27.5. The molecule has 0 saturated carbocycles. The molecule has 4 heterocycles. The summed E-state index contributed by atoms with van der Waals surface area (Å²) >= 11 is 0. The minimum Gasteiger partial charge on any atom is -0.305 e. The summed E-state index contributed by atoms with van der Waals surface area (Å²) < 4.78 is 62.9. The molecule has 0 aliphatic carbocycles. The van der Waals surface area contributed by atoms with Gasteiger partial charge in [0, 0.05) is 118 Å². The fraction of sp³-hybridized carbons (Fsp3) is 0.0435. The van der Waals surface area contributed by atoms with Crippen LogP contribution in [0.1, 0.15) is 11.1 Å². The van der Waals surface area contributed by atoms with Crippen molar-refractivity contribution in [2.24, 2.45) is 0 Å². The van der Waals surface area contributed by atoms with Crippen LogP contribution < -0.4 is 0 Å². The predicted octanol–water partition coefficient (Wildman–Crippen LogP) is 11.8. The van der Waals surface area contributed by atoms with E-state index in [0.29, 0.717) is 17.0 Å². The van der Waals surface area contributed by atoms with E-state index in [1.54, 1.807) is 49.1 Å². The van der Waals surface area contributed by atoms with E-state index in [1.807, 2.05) is 97.9 Å². The van der Waals surface area contributed by atoms with E-state index in [-0.39, 0.29) is 86.9 Å². The van der Waals surface area contributed by atoms with Gasteiger partial charge in [-0.3, -0.25) is 8.78 Å². The molecule has 0 spiro atoms. The van der Waals surface area contributed by atoms with Crippen molar-refractivity contribution in [3.63, 3.8) is 0 Å². The van der Waals surface area contributed by atoms with Crippen LogP contribution in [0.3, 0.4) is 0 Å². The van der Waals surface area contributed by atoms with Crippen LogP contribution >= 0.6 is 0 Å². The third kappa shape index (κ3) is 17.5. The van der Waals surface area contributed by atoms with Gasteiger partial charge in [-0.05, 0) is 59.5 Å². The van der Waals surface area contributed by atoms with Gasteiger partial charge >= 0.3 is 6.18 Å². The third-order valence-corrected chi connectivity index (χ3v) is 7.41. The molecule has 0 aliphatic rings. The van der Waals surface area contributed by atoms with Crippen molar-refractivity contribution in [2.45, 2.75) is 13.1 Å². The molecule has 3 radical (unpaired) electrons. The van der Waals surface area contributed by atoms with Gasteiger partial charge < -0.3 is 19.9 Å². The van der Waals surface area contributed by atoms with Crippen molar-refractivity contribution in [3.8, 4) is 45.0 Å². The number of rotatable bonds is 4. The van der Waals surface area contributed by atoms with E-state index in [0.717, 1.165) is 52.3 Å². The van der Waals surface area contributed by atoms with Crippen LogP contribution in [-0.2, 0) is 87.6 Å². The topological polar surface area (TPSA) is 51.6 Å². The Hall–Kier alpha value is -4.23. The Kier molecular flexibility index (Phi) is 24.6. The summed E-state index contributed by atoms with van der Waals surface area (Å²) in [6, 6.07) is 52.8. The van der Waals surface area contributed by atoms with Crippen LogP contribution in [0.5, 0.6) is 0 Å². The molecule has 4 nitrogen and oxygen atoms in total. The molecule has 4 aromatic heterocycles. The summed E-state index contributed by atoms with van der Waals surface area (Å²) in [5.41, 5.74) is 6.11. The standard InChI is InChI=1S/C12H7F3N.C12H8F2N.2C11H8N.3Ir.Pt/c13-12(14,15)10-6-4-9(5-7-10)11-3-1-2-8-16-11;1-8-4-5-15-12(6-8)10-3-2-9(13)7-11(10)14;2*1-2-6-10(7-3-1)11-8-4-5-9-12-11;;;;/h1-4,6-8H;2,4-7H,1H3;2*1-6,8-9H;;;;/q4*-1;;;;. The Balaban J connectivity index is 0.000000387. The minimum atomic E-state index is -4.32. The van der Waals surface area contributed by atoms with Gasteiger partial charge in [0.25, 0.3) is 0 Å². The molecule has 0 fully saturated rings. The van der Waals surface area contributed by atoms with Crippen molar-refractivity contribution >= 4 is 0 Å². The maximum atomic E-state index is 13.4. The fourth-order valence-electron chi connectivity index (χ4n) is 4.75. The number of benzene rings is 4. The van der Waals surface area contributed by atoms with Gasteiger partial charge in [-0.25, -0.2) is 0 Å². The Morgan fingerprint density at radius 3 is 1.32 bits per heavy atom. The Morgan fingerprint density at radius 2 is 0.949 bits per heavy atom. The van der Waals surface area contributed by atoms with Crippen LogP contribution in [0.2, 0.25) is 0 Å². The number of nitrogens with zero attached hydrogens (tertiary/aromatic N) is 4. The zero-order valence-corrected chi connectivity index (χ0v) is 40.1. The molecule has 13 heteroatoms. The summed E-state index contributed by atoms with van der Waals surface area (Å²) in [5, 5.41) is 0. The van der Waals surface area contributed by atoms with Crippen LogP contribution in [0.25, 0.3) is 45.0 Å². The van der Waals surface area contributed by atoms with Gasteiger partial charge in [-0.15, -0.1) is 114 Å². The average molecular weight is 1510 g/mol. The molecule has 0 N–H and O–H groups in total. The van der Waals surface area contributed by atoms with Crippen LogP contribution in [-0.4, -0.2) is 19.9 Å². The van der Waals surface area contributed by atoms with Gasteiger partial charge in [0.05, 0.1) is 0 Å². The first-order valence-electron chi connectivity index (χ1n) is 16.7. The molecule has 0 aliphatic heterocycles. The van der Waals surface area contributed by atoms with Crippen molar-refractivity contribution < 1.29 is 103 Å². The number of aromatic nitrogens is 4. The van der Waals surface area contributed by atoms with Crippen molar-refractivity contribution in [1.82, 2.24) is 19.9 Å². The number of aryl methyl sites for hydroxylation is 1. The van der Waals surface area contributed by atoms with Gasteiger partial charge in [0.15, 0.2) is 0 Å². The Bertz CT molecular complexity index is 2180. The first-order chi connectivity index (χ1) is 26.7. The first kappa shape index (κ1) is 52.8. The van der Waals surface area contributed by atoms with E-state index in [2.05, 4.69) is 44.2 Å². The average Bonchev–Trinajstić information content (AvgIpc) is 3.23. The number of halogens is 5. The van der Waals surface area contributed by atoms with E-state index in [9.17, 15) is 22.0 Å². The largest absolute Gasteiger partial charge is 0.381 e. The molecule has 0 unspecified atom stereocenters. The molecular weight excluding hydrogens is 1480 g/mol. The predicted molar refractivity (Wildman–Crippen MR) is 204 cm³/mol. The third-order valence-electron chi connectivity index (χ3n) is 7.41. The molecule has 0 atom stereocenters. The smallest absolute Gasteiger partial charge is 0.305 e. The van der Waals surface area contributed by atoms with Crippen molar-refractivity contribution in [3.05, 3.63) is 217 Å². The normalized spacial score (nSPS) is 9.66. The Morgan fingerprint density at radius 1 is 0.475 bits per heavy atom.